The summed E-state index contributed by atoms with van der Waals surface area (Å²) in [6.45, 7) is 0. The van der Waals surface area contributed by atoms with Crippen molar-refractivity contribution in [2.45, 2.75) is 0 Å². The Morgan fingerprint density at radius 2 is 1.40 bits per heavy atom. The number of aromatic nitrogens is 1. The number of nitrogens with zero attached hydrogens (tertiary/aromatic N) is 1. The number of benzene rings is 4. The summed E-state index contributed by atoms with van der Waals surface area (Å²) in [5.74, 6) is 1.63. The van der Waals surface area contributed by atoms with Gasteiger partial charge in [0.2, 0.25) is 0 Å². The summed E-state index contributed by atoms with van der Waals surface area (Å²) in [7, 11) is 0. The van der Waals surface area contributed by atoms with Crippen LogP contribution in [0.1, 0.15) is 0 Å². The van der Waals surface area contributed by atoms with Crippen molar-refractivity contribution in [1.82, 2.24) is 4.98 Å². The maximum Gasteiger partial charge on any atom is 0.187 e. The Balaban J connectivity index is 0.00000218. The van der Waals surface area contributed by atoms with Gasteiger partial charge in [-0.15, -0.1) is 28.3 Å². The Labute approximate surface area is 189 Å². The maximum absolute atomic E-state index is 5.84. The highest BCUT2D eigenvalue weighted by atomic mass is 79.9. The minimum atomic E-state index is 0. The smallest absolute Gasteiger partial charge is 0.187 e. The van der Waals surface area contributed by atoms with Gasteiger partial charge in [-0.05, 0) is 53.2 Å². The van der Waals surface area contributed by atoms with Gasteiger partial charge < -0.3 is 10.1 Å². The molecule has 0 radical (unpaired) electrons. The van der Waals surface area contributed by atoms with Gasteiger partial charge in [0.1, 0.15) is 11.5 Å². The topological polar surface area (TPSA) is 34.1 Å². The van der Waals surface area contributed by atoms with E-state index in [0.29, 0.717) is 0 Å². The molecule has 0 aliphatic carbocycles. The largest absolute Gasteiger partial charge is 0.457 e. The van der Waals surface area contributed by atoms with E-state index in [4.69, 9.17) is 9.72 Å². The third kappa shape index (κ3) is 4.53. The van der Waals surface area contributed by atoms with Crippen molar-refractivity contribution in [1.29, 1.82) is 0 Å². The molecule has 0 unspecified atom stereocenters. The van der Waals surface area contributed by atoms with Gasteiger partial charge in [0, 0.05) is 16.6 Å². The Bertz CT molecular complexity index is 1250. The molecule has 0 spiro atoms. The van der Waals surface area contributed by atoms with Crippen molar-refractivity contribution < 1.29 is 4.74 Å². The zero-order chi connectivity index (χ0) is 19.5. The molecule has 0 amide bonds. The van der Waals surface area contributed by atoms with Crippen LogP contribution in [-0.4, -0.2) is 4.98 Å². The third-order valence-corrected chi connectivity index (χ3v) is 5.39. The van der Waals surface area contributed by atoms with Gasteiger partial charge in [0.15, 0.2) is 5.13 Å². The zero-order valence-corrected chi connectivity index (χ0v) is 18.5. The molecular formula is C25H19BrN2OS. The van der Waals surface area contributed by atoms with E-state index in [1.807, 2.05) is 54.6 Å². The standard InChI is InChI=1S/C25H18N2OS.BrH/c1-2-8-22(9-3-1)28-23-14-12-21(13-15-23)26-25-27-24(17-29-25)20-11-10-18-6-4-5-7-19(18)16-20;/h1-17H,(H,26,27);1H. The van der Waals surface area contributed by atoms with E-state index < -0.39 is 0 Å². The van der Waals surface area contributed by atoms with E-state index >= 15 is 0 Å². The number of nitrogens with one attached hydrogen (secondary N) is 1. The normalized spacial score (nSPS) is 10.4. The molecule has 5 heteroatoms. The lowest BCUT2D eigenvalue weighted by Gasteiger charge is -2.07. The first-order valence-corrected chi connectivity index (χ1v) is 10.3. The molecular weight excluding hydrogens is 456 g/mol. The second-order valence-corrected chi connectivity index (χ2v) is 7.52. The molecule has 0 fully saturated rings. The lowest BCUT2D eigenvalue weighted by atomic mass is 10.1. The summed E-state index contributed by atoms with van der Waals surface area (Å²) in [6, 6.07) is 32.5. The molecule has 1 N–H and O–H groups in total. The fourth-order valence-corrected chi connectivity index (χ4v) is 3.91. The number of halogens is 1. The summed E-state index contributed by atoms with van der Waals surface area (Å²) in [4.78, 5) is 4.75. The molecule has 4 aromatic carbocycles. The average molecular weight is 475 g/mol. The molecule has 148 valence electrons. The van der Waals surface area contributed by atoms with Crippen LogP contribution in [0.25, 0.3) is 22.0 Å². The molecule has 0 saturated carbocycles. The minimum Gasteiger partial charge on any atom is -0.457 e. The summed E-state index contributed by atoms with van der Waals surface area (Å²) in [5.41, 5.74) is 3.08. The number of fused-ring (bicyclic) bond motifs is 1. The zero-order valence-electron chi connectivity index (χ0n) is 16.0. The van der Waals surface area contributed by atoms with Crippen LogP contribution in [-0.2, 0) is 0 Å². The van der Waals surface area contributed by atoms with Crippen LogP contribution >= 0.6 is 28.3 Å². The van der Waals surface area contributed by atoms with Gasteiger partial charge in [-0.3, -0.25) is 0 Å². The Kier molecular flexibility index (Phi) is 6.12. The highest BCUT2D eigenvalue weighted by Crippen LogP contribution is 2.30. The number of hydrogen-bond acceptors (Lipinski definition) is 4. The van der Waals surface area contributed by atoms with Crippen molar-refractivity contribution in [3.05, 3.63) is 102 Å². The molecule has 1 heterocycles. The number of para-hydroxylation sites is 1. The first kappa shape index (κ1) is 20.1. The molecule has 0 bridgehead atoms. The number of rotatable bonds is 5. The van der Waals surface area contributed by atoms with Crippen molar-refractivity contribution in [2.24, 2.45) is 0 Å². The average Bonchev–Trinajstić information content (AvgIpc) is 3.24. The number of anilines is 2. The lowest BCUT2D eigenvalue weighted by molar-refractivity contribution is 0.483. The van der Waals surface area contributed by atoms with Gasteiger partial charge >= 0.3 is 0 Å². The van der Waals surface area contributed by atoms with E-state index in [1.54, 1.807) is 11.3 Å². The quantitative estimate of drug-likeness (QED) is 0.279. The van der Waals surface area contributed by atoms with E-state index in [9.17, 15) is 0 Å². The van der Waals surface area contributed by atoms with Crippen LogP contribution in [0.2, 0.25) is 0 Å². The highest BCUT2D eigenvalue weighted by Gasteiger charge is 2.06. The van der Waals surface area contributed by atoms with Crippen LogP contribution < -0.4 is 10.1 Å². The predicted molar refractivity (Wildman–Crippen MR) is 132 cm³/mol. The van der Waals surface area contributed by atoms with Crippen molar-refractivity contribution in [2.75, 3.05) is 5.32 Å². The van der Waals surface area contributed by atoms with Gasteiger partial charge in [-0.1, -0.05) is 54.6 Å². The predicted octanol–water partition coefficient (Wildman–Crippen LogP) is 8.08. The second-order valence-electron chi connectivity index (χ2n) is 6.66. The van der Waals surface area contributed by atoms with Crippen molar-refractivity contribution in [3.8, 4) is 22.8 Å². The molecule has 0 saturated heterocycles. The van der Waals surface area contributed by atoms with E-state index in [-0.39, 0.29) is 17.0 Å². The molecule has 3 nitrogen and oxygen atoms in total. The summed E-state index contributed by atoms with van der Waals surface area (Å²) in [5, 5.41) is 8.78. The highest BCUT2D eigenvalue weighted by molar-refractivity contribution is 8.93. The van der Waals surface area contributed by atoms with E-state index in [1.165, 1.54) is 10.8 Å². The fourth-order valence-electron chi connectivity index (χ4n) is 3.17. The van der Waals surface area contributed by atoms with Gasteiger partial charge in [-0.25, -0.2) is 4.98 Å². The van der Waals surface area contributed by atoms with Crippen molar-refractivity contribution in [3.63, 3.8) is 0 Å². The third-order valence-electron chi connectivity index (χ3n) is 4.63. The second kappa shape index (κ2) is 9.11. The SMILES string of the molecule is Br.c1ccc(Oc2ccc(Nc3nc(-c4ccc5ccccc5c4)cs3)cc2)cc1. The van der Waals surface area contributed by atoms with Crippen LogP contribution in [0.5, 0.6) is 11.5 Å². The maximum atomic E-state index is 5.84. The molecule has 30 heavy (non-hydrogen) atoms. The summed E-state index contributed by atoms with van der Waals surface area (Å²) in [6.07, 6.45) is 0. The minimum absolute atomic E-state index is 0. The summed E-state index contributed by atoms with van der Waals surface area (Å²) < 4.78 is 5.84. The lowest BCUT2D eigenvalue weighted by Crippen LogP contribution is -1.90. The number of hydrogen-bond donors (Lipinski definition) is 1. The van der Waals surface area contributed by atoms with Gasteiger partial charge in [-0.2, -0.15) is 0 Å². The van der Waals surface area contributed by atoms with Crippen LogP contribution in [0.3, 0.4) is 0 Å². The summed E-state index contributed by atoms with van der Waals surface area (Å²) >= 11 is 1.60. The Hall–Kier alpha value is -3.15. The Morgan fingerprint density at radius 3 is 2.20 bits per heavy atom. The molecule has 1 aromatic heterocycles. The molecule has 0 aliphatic heterocycles. The number of thiazole rings is 1. The fraction of sp³-hybridized carbons (Fsp3) is 0. The molecule has 5 aromatic rings. The van der Waals surface area contributed by atoms with Crippen LogP contribution in [0.4, 0.5) is 10.8 Å². The van der Waals surface area contributed by atoms with Crippen molar-refractivity contribution >= 4 is 49.9 Å². The first-order valence-electron chi connectivity index (χ1n) is 9.38. The molecule has 0 aliphatic rings. The van der Waals surface area contributed by atoms with Gasteiger partial charge in [0.25, 0.3) is 0 Å². The van der Waals surface area contributed by atoms with E-state index in [0.717, 1.165) is 33.6 Å². The monoisotopic (exact) mass is 474 g/mol. The van der Waals surface area contributed by atoms with Crippen LogP contribution in [0.15, 0.2) is 102 Å². The van der Waals surface area contributed by atoms with Crippen LogP contribution in [0, 0.1) is 0 Å². The Morgan fingerprint density at radius 1 is 0.700 bits per heavy atom. The van der Waals surface area contributed by atoms with E-state index in [2.05, 4.69) is 53.2 Å². The number of ether oxygens (including phenoxy) is 1. The molecule has 0 atom stereocenters. The first-order chi connectivity index (χ1) is 14.3. The molecule has 5 rings (SSSR count). The van der Waals surface area contributed by atoms with Gasteiger partial charge in [0.05, 0.1) is 5.69 Å².